The Bertz CT molecular complexity index is 577. The molecule has 0 aliphatic carbocycles. The summed E-state index contributed by atoms with van der Waals surface area (Å²) in [6, 6.07) is 8.19. The number of hydrogen-bond donors (Lipinski definition) is 2. The van der Waals surface area contributed by atoms with E-state index < -0.39 is 0 Å². The van der Waals surface area contributed by atoms with Crippen LogP contribution in [0.4, 0.5) is 5.69 Å². The van der Waals surface area contributed by atoms with E-state index in [0.29, 0.717) is 6.42 Å². The molecule has 1 atom stereocenters. The summed E-state index contributed by atoms with van der Waals surface area (Å²) in [7, 11) is 1.65. The van der Waals surface area contributed by atoms with Gasteiger partial charge in [-0.2, -0.15) is 0 Å². The molecule has 1 unspecified atom stereocenters. The second-order valence-corrected chi connectivity index (χ2v) is 5.60. The normalized spacial score (nSPS) is 11.9. The Balaban J connectivity index is 2.00. The first-order chi connectivity index (χ1) is 9.60. The van der Waals surface area contributed by atoms with Crippen molar-refractivity contribution < 1.29 is 4.79 Å². The first kappa shape index (κ1) is 14.5. The molecule has 1 aromatic heterocycles. The lowest BCUT2D eigenvalue weighted by Crippen LogP contribution is -2.19. The van der Waals surface area contributed by atoms with Crippen LogP contribution >= 0.6 is 11.3 Å². The largest absolute Gasteiger partial charge is 0.378 e. The topological polar surface area (TPSA) is 54.0 Å². The Labute approximate surface area is 123 Å². The maximum atomic E-state index is 11.3. The molecule has 20 heavy (non-hydrogen) atoms. The zero-order valence-corrected chi connectivity index (χ0v) is 12.8. The summed E-state index contributed by atoms with van der Waals surface area (Å²) in [6.07, 6.45) is 0.417. The van der Waals surface area contributed by atoms with E-state index in [1.54, 1.807) is 18.4 Å². The summed E-state index contributed by atoms with van der Waals surface area (Å²) >= 11 is 1.66. The Hall–Kier alpha value is -1.88. The summed E-state index contributed by atoms with van der Waals surface area (Å²) in [5.74, 6) is 0.0272. The molecule has 0 bridgehead atoms. The van der Waals surface area contributed by atoms with Gasteiger partial charge in [0.2, 0.25) is 5.91 Å². The lowest BCUT2D eigenvalue weighted by Gasteiger charge is -2.14. The van der Waals surface area contributed by atoms with Crippen LogP contribution in [0, 0.1) is 6.92 Å². The van der Waals surface area contributed by atoms with Crippen molar-refractivity contribution in [2.24, 2.45) is 0 Å². The predicted molar refractivity (Wildman–Crippen MR) is 83.1 cm³/mol. The second kappa shape index (κ2) is 6.52. The van der Waals surface area contributed by atoms with Crippen LogP contribution in [0.5, 0.6) is 0 Å². The van der Waals surface area contributed by atoms with Gasteiger partial charge in [-0.3, -0.25) is 4.79 Å². The highest BCUT2D eigenvalue weighted by molar-refractivity contribution is 7.09. The van der Waals surface area contributed by atoms with E-state index in [0.717, 1.165) is 16.9 Å². The number of aromatic nitrogens is 1. The first-order valence-electron chi connectivity index (χ1n) is 6.56. The molecule has 0 aliphatic heterocycles. The number of nitrogens with zero attached hydrogens (tertiary/aromatic N) is 1. The minimum Gasteiger partial charge on any atom is -0.378 e. The highest BCUT2D eigenvalue weighted by atomic mass is 32.1. The van der Waals surface area contributed by atoms with Gasteiger partial charge >= 0.3 is 0 Å². The van der Waals surface area contributed by atoms with Crippen LogP contribution in [0.25, 0.3) is 0 Å². The molecule has 106 valence electrons. The standard InChI is InChI=1S/C15H19N3OS/c1-10-15(20-9-17-10)11(2)18-13-6-4-12(5-7-13)8-14(19)16-3/h4-7,9,11,18H,8H2,1-3H3,(H,16,19). The van der Waals surface area contributed by atoms with Crippen molar-refractivity contribution in [3.63, 3.8) is 0 Å². The van der Waals surface area contributed by atoms with Crippen LogP contribution in [-0.4, -0.2) is 17.9 Å². The van der Waals surface area contributed by atoms with Gasteiger partial charge in [0.15, 0.2) is 0 Å². The smallest absolute Gasteiger partial charge is 0.224 e. The Morgan fingerprint density at radius 1 is 1.35 bits per heavy atom. The van der Waals surface area contributed by atoms with Crippen LogP contribution < -0.4 is 10.6 Å². The number of rotatable bonds is 5. The van der Waals surface area contributed by atoms with Crippen molar-refractivity contribution in [2.75, 3.05) is 12.4 Å². The third-order valence-corrected chi connectivity index (χ3v) is 4.27. The Morgan fingerprint density at radius 2 is 2.05 bits per heavy atom. The van der Waals surface area contributed by atoms with E-state index in [1.807, 2.05) is 36.7 Å². The summed E-state index contributed by atoms with van der Waals surface area (Å²) in [5.41, 5.74) is 5.00. The summed E-state index contributed by atoms with van der Waals surface area (Å²) in [4.78, 5) is 16.8. The highest BCUT2D eigenvalue weighted by Gasteiger charge is 2.10. The minimum absolute atomic E-state index is 0.0272. The lowest BCUT2D eigenvalue weighted by atomic mass is 10.1. The zero-order chi connectivity index (χ0) is 14.5. The van der Waals surface area contributed by atoms with Gasteiger partial charge in [-0.05, 0) is 31.5 Å². The molecule has 1 heterocycles. The van der Waals surface area contributed by atoms with Gasteiger partial charge in [-0.1, -0.05) is 12.1 Å². The fourth-order valence-corrected chi connectivity index (χ4v) is 2.85. The molecule has 2 N–H and O–H groups in total. The fraction of sp³-hybridized carbons (Fsp3) is 0.333. The van der Waals surface area contributed by atoms with E-state index in [-0.39, 0.29) is 11.9 Å². The molecule has 0 saturated heterocycles. The molecule has 0 radical (unpaired) electrons. The van der Waals surface area contributed by atoms with Crippen LogP contribution in [0.3, 0.4) is 0 Å². The van der Waals surface area contributed by atoms with Gasteiger partial charge in [0.25, 0.3) is 0 Å². The number of amides is 1. The number of anilines is 1. The molecule has 2 aromatic rings. The van der Waals surface area contributed by atoms with Crippen LogP contribution in [-0.2, 0) is 11.2 Å². The lowest BCUT2D eigenvalue weighted by molar-refractivity contribution is -0.119. The summed E-state index contributed by atoms with van der Waals surface area (Å²) < 4.78 is 0. The van der Waals surface area contributed by atoms with Crippen molar-refractivity contribution in [2.45, 2.75) is 26.3 Å². The number of carbonyl (C=O) groups is 1. The van der Waals surface area contributed by atoms with E-state index in [2.05, 4.69) is 22.5 Å². The number of aryl methyl sites for hydroxylation is 1. The van der Waals surface area contributed by atoms with Gasteiger partial charge < -0.3 is 10.6 Å². The highest BCUT2D eigenvalue weighted by Crippen LogP contribution is 2.25. The van der Waals surface area contributed by atoms with Gasteiger partial charge in [0.05, 0.1) is 23.7 Å². The summed E-state index contributed by atoms with van der Waals surface area (Å²) in [6.45, 7) is 4.15. The second-order valence-electron chi connectivity index (χ2n) is 4.71. The molecular weight excluding hydrogens is 270 g/mol. The summed E-state index contributed by atoms with van der Waals surface area (Å²) in [5, 5.41) is 6.07. The van der Waals surface area contributed by atoms with Crippen LogP contribution in [0.1, 0.15) is 29.1 Å². The number of hydrogen-bond acceptors (Lipinski definition) is 4. The van der Waals surface area contributed by atoms with Crippen molar-refractivity contribution in [3.05, 3.63) is 45.9 Å². The number of thiazole rings is 1. The van der Waals surface area contributed by atoms with Gasteiger partial charge in [0, 0.05) is 17.6 Å². The fourth-order valence-electron chi connectivity index (χ4n) is 2.03. The number of carbonyl (C=O) groups excluding carboxylic acids is 1. The van der Waals surface area contributed by atoms with Crippen molar-refractivity contribution >= 4 is 22.9 Å². The van der Waals surface area contributed by atoms with Crippen molar-refractivity contribution in [1.29, 1.82) is 0 Å². The molecular formula is C15H19N3OS. The maximum Gasteiger partial charge on any atom is 0.224 e. The molecule has 1 aromatic carbocycles. The Morgan fingerprint density at radius 3 is 2.60 bits per heavy atom. The molecule has 0 fully saturated rings. The first-order valence-corrected chi connectivity index (χ1v) is 7.44. The molecule has 0 saturated carbocycles. The van der Waals surface area contributed by atoms with Gasteiger partial charge in [-0.15, -0.1) is 11.3 Å². The van der Waals surface area contributed by atoms with E-state index in [9.17, 15) is 4.79 Å². The third kappa shape index (κ3) is 3.57. The molecule has 4 nitrogen and oxygen atoms in total. The number of nitrogens with one attached hydrogen (secondary N) is 2. The van der Waals surface area contributed by atoms with E-state index in [1.165, 1.54) is 4.88 Å². The molecule has 5 heteroatoms. The average Bonchev–Trinajstić information content (AvgIpc) is 2.87. The van der Waals surface area contributed by atoms with Crippen molar-refractivity contribution in [3.8, 4) is 0 Å². The molecule has 2 rings (SSSR count). The quantitative estimate of drug-likeness (QED) is 0.890. The van der Waals surface area contributed by atoms with Crippen LogP contribution in [0.15, 0.2) is 29.8 Å². The molecule has 0 spiro atoms. The monoisotopic (exact) mass is 289 g/mol. The average molecular weight is 289 g/mol. The number of likely N-dealkylation sites (N-methyl/N-ethyl adjacent to an activating group) is 1. The van der Waals surface area contributed by atoms with E-state index >= 15 is 0 Å². The SMILES string of the molecule is CNC(=O)Cc1ccc(NC(C)c2scnc2C)cc1. The third-order valence-electron chi connectivity index (χ3n) is 3.16. The van der Waals surface area contributed by atoms with Crippen molar-refractivity contribution in [1.82, 2.24) is 10.3 Å². The van der Waals surface area contributed by atoms with E-state index in [4.69, 9.17) is 0 Å². The van der Waals surface area contributed by atoms with Crippen LogP contribution in [0.2, 0.25) is 0 Å². The van der Waals surface area contributed by atoms with Gasteiger partial charge in [-0.25, -0.2) is 4.98 Å². The zero-order valence-electron chi connectivity index (χ0n) is 11.9. The minimum atomic E-state index is 0.0272. The molecule has 0 aliphatic rings. The van der Waals surface area contributed by atoms with Gasteiger partial charge in [0.1, 0.15) is 0 Å². The molecule has 1 amide bonds. The number of benzene rings is 1. The predicted octanol–water partition coefficient (Wildman–Crippen LogP) is 2.91. The maximum absolute atomic E-state index is 11.3. The Kier molecular flexibility index (Phi) is 4.74.